The molecule has 14 heavy (non-hydrogen) atoms. The molecule has 0 fully saturated rings. The van der Waals surface area contributed by atoms with Crippen molar-refractivity contribution in [2.75, 3.05) is 27.2 Å². The minimum atomic E-state index is -0.440. The van der Waals surface area contributed by atoms with E-state index in [-0.39, 0.29) is 11.3 Å². The van der Waals surface area contributed by atoms with Gasteiger partial charge in [-0.25, -0.2) is 0 Å². The van der Waals surface area contributed by atoms with Crippen molar-refractivity contribution in [1.82, 2.24) is 10.2 Å². The molecular formula is C10H23N3O. The van der Waals surface area contributed by atoms with Crippen molar-refractivity contribution >= 4 is 5.91 Å². The lowest BCUT2D eigenvalue weighted by atomic mass is 9.87. The number of hydrogen-bond donors (Lipinski definition) is 2. The third-order valence-corrected chi connectivity index (χ3v) is 2.07. The SMILES string of the molecule is CN(C)CCNC(=O)C(N)C(C)(C)C. The van der Waals surface area contributed by atoms with Gasteiger partial charge in [0.25, 0.3) is 0 Å². The summed E-state index contributed by atoms with van der Waals surface area (Å²) in [5, 5.41) is 2.81. The van der Waals surface area contributed by atoms with Gasteiger partial charge < -0.3 is 16.0 Å². The van der Waals surface area contributed by atoms with Crippen molar-refractivity contribution in [3.8, 4) is 0 Å². The van der Waals surface area contributed by atoms with Gasteiger partial charge in [0.2, 0.25) is 5.91 Å². The molecule has 1 unspecified atom stereocenters. The molecule has 1 atom stereocenters. The monoisotopic (exact) mass is 201 g/mol. The Morgan fingerprint density at radius 1 is 1.43 bits per heavy atom. The van der Waals surface area contributed by atoms with Crippen LogP contribution in [0.4, 0.5) is 0 Å². The van der Waals surface area contributed by atoms with E-state index in [0.29, 0.717) is 6.54 Å². The van der Waals surface area contributed by atoms with Crippen molar-refractivity contribution in [3.63, 3.8) is 0 Å². The molecule has 0 heterocycles. The number of nitrogens with two attached hydrogens (primary N) is 1. The molecule has 0 aliphatic rings. The number of nitrogens with zero attached hydrogens (tertiary/aromatic N) is 1. The fourth-order valence-electron chi connectivity index (χ4n) is 0.906. The number of hydrogen-bond acceptors (Lipinski definition) is 3. The molecule has 84 valence electrons. The molecule has 0 aliphatic carbocycles. The summed E-state index contributed by atoms with van der Waals surface area (Å²) in [6.45, 7) is 7.37. The third kappa shape index (κ3) is 5.19. The van der Waals surface area contributed by atoms with E-state index in [1.165, 1.54) is 0 Å². The van der Waals surface area contributed by atoms with E-state index in [4.69, 9.17) is 5.73 Å². The Kier molecular flexibility index (Phi) is 5.08. The normalized spacial score (nSPS) is 14.2. The summed E-state index contributed by atoms with van der Waals surface area (Å²) in [5.41, 5.74) is 5.61. The summed E-state index contributed by atoms with van der Waals surface area (Å²) in [6.07, 6.45) is 0. The quantitative estimate of drug-likeness (QED) is 0.675. The molecule has 3 N–H and O–H groups in total. The fraction of sp³-hybridized carbons (Fsp3) is 0.900. The summed E-state index contributed by atoms with van der Waals surface area (Å²) in [5.74, 6) is -0.0700. The highest BCUT2D eigenvalue weighted by molar-refractivity contribution is 5.82. The average molecular weight is 201 g/mol. The van der Waals surface area contributed by atoms with Crippen LogP contribution in [0.15, 0.2) is 0 Å². The standard InChI is InChI=1S/C10H23N3O/c1-10(2,3)8(11)9(14)12-6-7-13(4)5/h8H,6-7,11H2,1-5H3,(H,12,14). The summed E-state index contributed by atoms with van der Waals surface area (Å²) < 4.78 is 0. The molecule has 4 nitrogen and oxygen atoms in total. The Morgan fingerprint density at radius 2 is 1.93 bits per heavy atom. The van der Waals surface area contributed by atoms with Crippen molar-refractivity contribution in [2.45, 2.75) is 26.8 Å². The maximum Gasteiger partial charge on any atom is 0.237 e. The van der Waals surface area contributed by atoms with Crippen LogP contribution in [0, 0.1) is 5.41 Å². The second-order valence-corrected chi connectivity index (χ2v) is 4.94. The summed E-state index contributed by atoms with van der Waals surface area (Å²) >= 11 is 0. The van der Waals surface area contributed by atoms with Crippen LogP contribution in [0.3, 0.4) is 0 Å². The zero-order valence-corrected chi connectivity index (χ0v) is 9.92. The first-order chi connectivity index (χ1) is 6.25. The number of likely N-dealkylation sites (N-methyl/N-ethyl adjacent to an activating group) is 1. The predicted octanol–water partition coefficient (Wildman–Crippen LogP) is 0.0376. The van der Waals surface area contributed by atoms with Crippen LogP contribution in [0.1, 0.15) is 20.8 Å². The van der Waals surface area contributed by atoms with E-state index in [0.717, 1.165) is 6.54 Å². The van der Waals surface area contributed by atoms with Crippen LogP contribution in [0.2, 0.25) is 0 Å². The van der Waals surface area contributed by atoms with E-state index < -0.39 is 6.04 Å². The van der Waals surface area contributed by atoms with Crippen LogP contribution in [0.25, 0.3) is 0 Å². The van der Waals surface area contributed by atoms with Crippen molar-refractivity contribution in [3.05, 3.63) is 0 Å². The van der Waals surface area contributed by atoms with E-state index in [1.807, 2.05) is 39.8 Å². The molecule has 0 saturated heterocycles. The Bertz CT molecular complexity index is 184. The summed E-state index contributed by atoms with van der Waals surface area (Å²) in [7, 11) is 3.94. The molecule has 0 aliphatic heterocycles. The smallest absolute Gasteiger partial charge is 0.237 e. The van der Waals surface area contributed by atoms with Crippen LogP contribution < -0.4 is 11.1 Å². The minimum absolute atomic E-state index is 0.0700. The van der Waals surface area contributed by atoms with Gasteiger partial charge in [0.15, 0.2) is 0 Å². The molecule has 0 radical (unpaired) electrons. The molecular weight excluding hydrogens is 178 g/mol. The lowest BCUT2D eigenvalue weighted by molar-refractivity contribution is -0.124. The van der Waals surface area contributed by atoms with Gasteiger partial charge in [-0.1, -0.05) is 20.8 Å². The first kappa shape index (κ1) is 13.4. The molecule has 0 aromatic carbocycles. The van der Waals surface area contributed by atoms with Crippen molar-refractivity contribution in [2.24, 2.45) is 11.1 Å². The third-order valence-electron chi connectivity index (χ3n) is 2.07. The Balaban J connectivity index is 3.86. The van der Waals surface area contributed by atoms with E-state index in [2.05, 4.69) is 5.32 Å². The topological polar surface area (TPSA) is 58.4 Å². The first-order valence-electron chi connectivity index (χ1n) is 4.93. The molecule has 0 aromatic heterocycles. The van der Waals surface area contributed by atoms with Crippen molar-refractivity contribution in [1.29, 1.82) is 0 Å². The predicted molar refractivity (Wildman–Crippen MR) is 59.0 cm³/mol. The van der Waals surface area contributed by atoms with Crippen molar-refractivity contribution < 1.29 is 4.79 Å². The van der Waals surface area contributed by atoms with Gasteiger partial charge in [0.1, 0.15) is 0 Å². The van der Waals surface area contributed by atoms with Crippen LogP contribution in [0.5, 0.6) is 0 Å². The number of carbonyl (C=O) groups excluding carboxylic acids is 1. The summed E-state index contributed by atoms with van der Waals surface area (Å²) in [6, 6.07) is -0.440. The van der Waals surface area contributed by atoms with Gasteiger partial charge >= 0.3 is 0 Å². The molecule has 4 heteroatoms. The summed E-state index contributed by atoms with van der Waals surface area (Å²) in [4.78, 5) is 13.5. The maximum atomic E-state index is 11.5. The van der Waals surface area contributed by atoms with Gasteiger partial charge in [-0.3, -0.25) is 4.79 Å². The van der Waals surface area contributed by atoms with E-state index >= 15 is 0 Å². The van der Waals surface area contributed by atoms with Crippen LogP contribution in [-0.4, -0.2) is 44.0 Å². The molecule has 0 aromatic rings. The molecule has 1 amide bonds. The largest absolute Gasteiger partial charge is 0.353 e. The highest BCUT2D eigenvalue weighted by Crippen LogP contribution is 2.16. The number of nitrogens with one attached hydrogen (secondary N) is 1. The molecule has 0 spiro atoms. The molecule has 0 saturated carbocycles. The highest BCUT2D eigenvalue weighted by Gasteiger charge is 2.26. The zero-order chi connectivity index (χ0) is 11.4. The lowest BCUT2D eigenvalue weighted by Crippen LogP contribution is -2.49. The second-order valence-electron chi connectivity index (χ2n) is 4.94. The van der Waals surface area contributed by atoms with E-state index in [1.54, 1.807) is 0 Å². The van der Waals surface area contributed by atoms with Crippen LogP contribution in [-0.2, 0) is 4.79 Å². The molecule has 0 bridgehead atoms. The van der Waals surface area contributed by atoms with Gasteiger partial charge in [-0.2, -0.15) is 0 Å². The number of rotatable bonds is 4. The van der Waals surface area contributed by atoms with E-state index in [9.17, 15) is 4.79 Å². The minimum Gasteiger partial charge on any atom is -0.353 e. The number of carbonyl (C=O) groups is 1. The van der Waals surface area contributed by atoms with Gasteiger partial charge in [0.05, 0.1) is 6.04 Å². The maximum absolute atomic E-state index is 11.5. The van der Waals surface area contributed by atoms with Gasteiger partial charge in [0, 0.05) is 13.1 Å². The average Bonchev–Trinajstić information content (AvgIpc) is 2.00. The number of amides is 1. The Hall–Kier alpha value is -0.610. The van der Waals surface area contributed by atoms with Gasteiger partial charge in [-0.15, -0.1) is 0 Å². The second kappa shape index (κ2) is 5.32. The first-order valence-corrected chi connectivity index (χ1v) is 4.93. The zero-order valence-electron chi connectivity index (χ0n) is 9.92. The van der Waals surface area contributed by atoms with Gasteiger partial charge in [-0.05, 0) is 19.5 Å². The Labute approximate surface area is 86.8 Å². The molecule has 0 rings (SSSR count). The van der Waals surface area contributed by atoms with Crippen LogP contribution >= 0.6 is 0 Å². The Morgan fingerprint density at radius 3 is 2.29 bits per heavy atom. The lowest BCUT2D eigenvalue weighted by Gasteiger charge is -2.26. The highest BCUT2D eigenvalue weighted by atomic mass is 16.2. The fourth-order valence-corrected chi connectivity index (χ4v) is 0.906.